The molecule has 1 N–H and O–H groups in total. The molecule has 2 rings (SSSR count). The molecule has 1 aliphatic heterocycles. The highest BCUT2D eigenvalue weighted by Crippen LogP contribution is 2.35. The Kier molecular flexibility index (Phi) is 3.87. The zero-order chi connectivity index (χ0) is 13.1. The number of nitrogens with zero attached hydrogens (tertiary/aromatic N) is 1. The number of amides is 1. The lowest BCUT2D eigenvalue weighted by molar-refractivity contribution is -0.126. The molecule has 0 aliphatic carbocycles. The molecular weight excluding hydrogens is 230 g/mol. The Labute approximate surface area is 107 Å². The van der Waals surface area contributed by atoms with Gasteiger partial charge < -0.3 is 14.7 Å². The Balaban J connectivity index is 2.41. The molecule has 18 heavy (non-hydrogen) atoms. The van der Waals surface area contributed by atoms with Crippen molar-refractivity contribution in [2.24, 2.45) is 0 Å². The van der Waals surface area contributed by atoms with Crippen molar-refractivity contribution in [2.75, 3.05) is 11.4 Å². The third-order valence-electron chi connectivity index (χ3n) is 3.13. The van der Waals surface area contributed by atoms with E-state index in [1.54, 1.807) is 4.90 Å². The fraction of sp³-hybridized carbons (Fsp3) is 0.500. The molecule has 1 atom stereocenters. The van der Waals surface area contributed by atoms with Crippen LogP contribution in [0.2, 0.25) is 0 Å². The summed E-state index contributed by atoms with van der Waals surface area (Å²) >= 11 is 0. The van der Waals surface area contributed by atoms with Crippen LogP contribution < -0.4 is 9.64 Å². The smallest absolute Gasteiger partial charge is 0.268 e. The van der Waals surface area contributed by atoms with Crippen LogP contribution in [0.5, 0.6) is 5.75 Å². The predicted molar refractivity (Wildman–Crippen MR) is 69.7 cm³/mol. The predicted octanol–water partition coefficient (Wildman–Crippen LogP) is 2.09. The van der Waals surface area contributed by atoms with Crippen molar-refractivity contribution in [2.45, 2.75) is 39.4 Å². The highest BCUT2D eigenvalue weighted by molar-refractivity contribution is 6.00. The van der Waals surface area contributed by atoms with Crippen LogP contribution in [-0.4, -0.2) is 23.7 Å². The SMILES string of the molecule is CCCN1C(=O)C(CC)Oc2cc(CO)ccc21. The lowest BCUT2D eigenvalue weighted by Gasteiger charge is -2.34. The summed E-state index contributed by atoms with van der Waals surface area (Å²) < 4.78 is 5.71. The number of anilines is 1. The van der Waals surface area contributed by atoms with Gasteiger partial charge in [0.25, 0.3) is 5.91 Å². The summed E-state index contributed by atoms with van der Waals surface area (Å²) in [6, 6.07) is 5.48. The zero-order valence-electron chi connectivity index (χ0n) is 10.8. The van der Waals surface area contributed by atoms with Crippen LogP contribution in [0, 0.1) is 0 Å². The summed E-state index contributed by atoms with van der Waals surface area (Å²) in [6.45, 7) is 4.67. The van der Waals surface area contributed by atoms with Crippen LogP contribution in [0.25, 0.3) is 0 Å². The molecule has 0 saturated carbocycles. The normalized spacial score (nSPS) is 18.5. The van der Waals surface area contributed by atoms with Gasteiger partial charge in [-0.25, -0.2) is 0 Å². The molecule has 1 aliphatic rings. The quantitative estimate of drug-likeness (QED) is 0.889. The molecule has 4 heteroatoms. The fourth-order valence-corrected chi connectivity index (χ4v) is 2.18. The van der Waals surface area contributed by atoms with Crippen molar-refractivity contribution in [3.8, 4) is 5.75 Å². The Morgan fingerprint density at radius 1 is 1.39 bits per heavy atom. The fourth-order valence-electron chi connectivity index (χ4n) is 2.18. The number of aliphatic hydroxyl groups is 1. The number of rotatable bonds is 4. The van der Waals surface area contributed by atoms with Crippen LogP contribution in [0.15, 0.2) is 18.2 Å². The van der Waals surface area contributed by atoms with E-state index in [0.717, 1.165) is 17.7 Å². The topological polar surface area (TPSA) is 49.8 Å². The zero-order valence-corrected chi connectivity index (χ0v) is 10.8. The Morgan fingerprint density at radius 3 is 2.78 bits per heavy atom. The maximum atomic E-state index is 12.2. The Morgan fingerprint density at radius 2 is 2.17 bits per heavy atom. The van der Waals surface area contributed by atoms with E-state index in [0.29, 0.717) is 18.7 Å². The summed E-state index contributed by atoms with van der Waals surface area (Å²) in [5, 5.41) is 9.15. The van der Waals surface area contributed by atoms with Crippen LogP contribution in [0.4, 0.5) is 5.69 Å². The van der Waals surface area contributed by atoms with E-state index in [1.165, 1.54) is 0 Å². The van der Waals surface area contributed by atoms with Crippen molar-refractivity contribution in [1.82, 2.24) is 0 Å². The number of carbonyl (C=O) groups excluding carboxylic acids is 1. The first-order valence-corrected chi connectivity index (χ1v) is 6.43. The van der Waals surface area contributed by atoms with Crippen molar-refractivity contribution in [1.29, 1.82) is 0 Å². The molecule has 1 unspecified atom stereocenters. The molecule has 1 amide bonds. The number of hydrogen-bond acceptors (Lipinski definition) is 3. The van der Waals surface area contributed by atoms with Crippen LogP contribution in [-0.2, 0) is 11.4 Å². The van der Waals surface area contributed by atoms with Crippen LogP contribution in [0.1, 0.15) is 32.3 Å². The minimum Gasteiger partial charge on any atom is -0.478 e. The molecule has 1 aromatic rings. The number of fused-ring (bicyclic) bond motifs is 1. The molecule has 0 saturated heterocycles. The molecule has 4 nitrogen and oxygen atoms in total. The van der Waals surface area contributed by atoms with E-state index in [-0.39, 0.29) is 12.5 Å². The molecule has 0 bridgehead atoms. The molecule has 0 spiro atoms. The number of hydrogen-bond donors (Lipinski definition) is 1. The standard InChI is InChI=1S/C14H19NO3/c1-3-7-15-11-6-5-10(9-16)8-13(11)18-12(4-2)14(15)17/h5-6,8,12,16H,3-4,7,9H2,1-2H3. The summed E-state index contributed by atoms with van der Waals surface area (Å²) in [5.74, 6) is 0.727. The molecule has 1 heterocycles. The second-order valence-corrected chi connectivity index (χ2v) is 4.46. The first-order chi connectivity index (χ1) is 8.71. The molecule has 0 fully saturated rings. The largest absolute Gasteiger partial charge is 0.478 e. The number of benzene rings is 1. The lowest BCUT2D eigenvalue weighted by atomic mass is 10.1. The highest BCUT2D eigenvalue weighted by atomic mass is 16.5. The van der Waals surface area contributed by atoms with Gasteiger partial charge in [-0.2, -0.15) is 0 Å². The number of aliphatic hydroxyl groups excluding tert-OH is 1. The first-order valence-electron chi connectivity index (χ1n) is 6.43. The summed E-state index contributed by atoms with van der Waals surface area (Å²) in [7, 11) is 0. The third-order valence-corrected chi connectivity index (χ3v) is 3.13. The van der Waals surface area contributed by atoms with Gasteiger partial charge in [-0.15, -0.1) is 0 Å². The minimum atomic E-state index is -0.405. The molecular formula is C14H19NO3. The van der Waals surface area contributed by atoms with E-state index >= 15 is 0 Å². The second kappa shape index (κ2) is 5.40. The van der Waals surface area contributed by atoms with Gasteiger partial charge in [0.15, 0.2) is 6.10 Å². The molecule has 0 radical (unpaired) electrons. The average molecular weight is 249 g/mol. The summed E-state index contributed by atoms with van der Waals surface area (Å²) in [6.07, 6.45) is 1.16. The second-order valence-electron chi connectivity index (χ2n) is 4.46. The average Bonchev–Trinajstić information content (AvgIpc) is 2.41. The monoisotopic (exact) mass is 249 g/mol. The van der Waals surface area contributed by atoms with Crippen LogP contribution in [0.3, 0.4) is 0 Å². The lowest BCUT2D eigenvalue weighted by Crippen LogP contribution is -2.46. The highest BCUT2D eigenvalue weighted by Gasteiger charge is 2.32. The molecule has 98 valence electrons. The van der Waals surface area contributed by atoms with Crippen molar-refractivity contribution in [3.05, 3.63) is 23.8 Å². The van der Waals surface area contributed by atoms with Gasteiger partial charge in [0, 0.05) is 6.54 Å². The van der Waals surface area contributed by atoms with Crippen LogP contribution >= 0.6 is 0 Å². The maximum Gasteiger partial charge on any atom is 0.268 e. The number of carbonyl (C=O) groups is 1. The van der Waals surface area contributed by atoms with Gasteiger partial charge >= 0.3 is 0 Å². The maximum absolute atomic E-state index is 12.2. The minimum absolute atomic E-state index is 0.0187. The van der Waals surface area contributed by atoms with E-state index in [2.05, 4.69) is 0 Å². The first kappa shape index (κ1) is 12.9. The van der Waals surface area contributed by atoms with Crippen molar-refractivity contribution in [3.63, 3.8) is 0 Å². The molecule has 1 aromatic carbocycles. The third kappa shape index (κ3) is 2.20. The van der Waals surface area contributed by atoms with Crippen molar-refractivity contribution < 1.29 is 14.6 Å². The van der Waals surface area contributed by atoms with Crippen molar-refractivity contribution >= 4 is 11.6 Å². The van der Waals surface area contributed by atoms with Gasteiger partial charge in [-0.1, -0.05) is 19.9 Å². The summed E-state index contributed by atoms with van der Waals surface area (Å²) in [5.41, 5.74) is 1.61. The van der Waals surface area contributed by atoms with Gasteiger partial charge in [0.05, 0.1) is 12.3 Å². The van der Waals surface area contributed by atoms with Gasteiger partial charge in [-0.05, 0) is 30.5 Å². The van der Waals surface area contributed by atoms with Gasteiger partial charge in [-0.3, -0.25) is 4.79 Å². The Bertz CT molecular complexity index is 445. The Hall–Kier alpha value is -1.55. The number of ether oxygens (including phenoxy) is 1. The van der Waals surface area contributed by atoms with Gasteiger partial charge in [0.2, 0.25) is 0 Å². The van der Waals surface area contributed by atoms with E-state index in [9.17, 15) is 4.79 Å². The summed E-state index contributed by atoms with van der Waals surface area (Å²) in [4.78, 5) is 14.0. The van der Waals surface area contributed by atoms with E-state index in [4.69, 9.17) is 9.84 Å². The van der Waals surface area contributed by atoms with Gasteiger partial charge in [0.1, 0.15) is 5.75 Å². The molecule has 0 aromatic heterocycles. The van der Waals surface area contributed by atoms with E-state index < -0.39 is 6.10 Å². The van der Waals surface area contributed by atoms with E-state index in [1.807, 2.05) is 32.0 Å².